The molecule has 0 saturated heterocycles. The van der Waals surface area contributed by atoms with Gasteiger partial charge in [-0.1, -0.05) is 12.1 Å². The van der Waals surface area contributed by atoms with Crippen LogP contribution in [0.4, 0.5) is 0 Å². The molecule has 2 nitrogen and oxygen atoms in total. The van der Waals surface area contributed by atoms with Gasteiger partial charge in [0.1, 0.15) is 5.76 Å². The quantitative estimate of drug-likeness (QED) is 0.800. The molecule has 84 valence electrons. The third-order valence-corrected chi connectivity index (χ3v) is 3.61. The zero-order valence-corrected chi connectivity index (χ0v) is 9.82. The molecule has 0 aliphatic carbocycles. The molecule has 0 spiro atoms. The van der Waals surface area contributed by atoms with Crippen LogP contribution in [0.1, 0.15) is 29.0 Å². The molecule has 0 fully saturated rings. The summed E-state index contributed by atoms with van der Waals surface area (Å²) >= 11 is 1.68. The van der Waals surface area contributed by atoms with Gasteiger partial charge in [-0.3, -0.25) is 0 Å². The van der Waals surface area contributed by atoms with E-state index in [1.54, 1.807) is 17.6 Å². The molecule has 0 radical (unpaired) electrons. The summed E-state index contributed by atoms with van der Waals surface area (Å²) in [7, 11) is 0. The normalized spacial score (nSPS) is 14.6. The molecular formula is C13H15NOS. The molecule has 0 aromatic carbocycles. The highest BCUT2D eigenvalue weighted by Gasteiger charge is 2.23. The summed E-state index contributed by atoms with van der Waals surface area (Å²) in [6, 6.07) is 7.93. The number of thiophene rings is 1. The van der Waals surface area contributed by atoms with Crippen LogP contribution in [0.15, 0.2) is 53.0 Å². The highest BCUT2D eigenvalue weighted by Crippen LogP contribution is 2.34. The van der Waals surface area contributed by atoms with Gasteiger partial charge in [-0.25, -0.2) is 0 Å². The Labute approximate surface area is 99.4 Å². The minimum absolute atomic E-state index is 0.0239. The maximum absolute atomic E-state index is 6.26. The number of hydrogen-bond donors (Lipinski definition) is 1. The fraction of sp³-hybridized carbons (Fsp3) is 0.231. The van der Waals surface area contributed by atoms with Crippen LogP contribution in [-0.2, 0) is 0 Å². The number of rotatable bonds is 5. The lowest BCUT2D eigenvalue weighted by atomic mass is 9.93. The van der Waals surface area contributed by atoms with Crippen molar-refractivity contribution in [2.24, 2.45) is 5.73 Å². The monoisotopic (exact) mass is 233 g/mol. The molecule has 2 N–H and O–H groups in total. The molecule has 2 heterocycles. The van der Waals surface area contributed by atoms with Crippen molar-refractivity contribution >= 4 is 11.3 Å². The van der Waals surface area contributed by atoms with Crippen molar-refractivity contribution in [3.8, 4) is 0 Å². The summed E-state index contributed by atoms with van der Waals surface area (Å²) in [4.78, 5) is 1.18. The molecule has 16 heavy (non-hydrogen) atoms. The largest absolute Gasteiger partial charge is 0.469 e. The van der Waals surface area contributed by atoms with E-state index < -0.39 is 0 Å². The fourth-order valence-corrected chi connectivity index (χ4v) is 2.59. The van der Waals surface area contributed by atoms with Crippen molar-refractivity contribution in [3.63, 3.8) is 0 Å². The Morgan fingerprint density at radius 2 is 2.31 bits per heavy atom. The Bertz CT molecular complexity index is 419. The minimum atomic E-state index is -0.0239. The van der Waals surface area contributed by atoms with Gasteiger partial charge in [0.2, 0.25) is 0 Å². The third-order valence-electron chi connectivity index (χ3n) is 2.63. The predicted octanol–water partition coefficient (Wildman–Crippen LogP) is 3.70. The molecule has 0 saturated carbocycles. The van der Waals surface area contributed by atoms with E-state index in [1.807, 2.05) is 29.7 Å². The first-order valence-electron chi connectivity index (χ1n) is 5.26. The van der Waals surface area contributed by atoms with Crippen molar-refractivity contribution in [1.82, 2.24) is 0 Å². The summed E-state index contributed by atoms with van der Waals surface area (Å²) < 4.78 is 5.44. The minimum Gasteiger partial charge on any atom is -0.469 e. The van der Waals surface area contributed by atoms with Crippen molar-refractivity contribution in [2.75, 3.05) is 0 Å². The molecule has 0 bridgehead atoms. The second-order valence-corrected chi connectivity index (χ2v) is 4.67. The Balaban J connectivity index is 2.23. The molecule has 2 unspecified atom stereocenters. The van der Waals surface area contributed by atoms with E-state index in [2.05, 4.69) is 12.6 Å². The molecule has 3 heteroatoms. The van der Waals surface area contributed by atoms with E-state index in [1.165, 1.54) is 4.88 Å². The molecule has 2 aromatic rings. The van der Waals surface area contributed by atoms with Crippen LogP contribution in [0.2, 0.25) is 0 Å². The van der Waals surface area contributed by atoms with E-state index in [0.29, 0.717) is 0 Å². The van der Waals surface area contributed by atoms with Crippen LogP contribution < -0.4 is 5.73 Å². The van der Waals surface area contributed by atoms with Crippen molar-refractivity contribution < 1.29 is 4.42 Å². The molecule has 0 amide bonds. The zero-order valence-electron chi connectivity index (χ0n) is 9.00. The Hall–Kier alpha value is -1.32. The summed E-state index contributed by atoms with van der Waals surface area (Å²) in [6.07, 6.45) is 4.40. The van der Waals surface area contributed by atoms with Gasteiger partial charge in [0.15, 0.2) is 0 Å². The van der Waals surface area contributed by atoms with E-state index in [-0.39, 0.29) is 12.0 Å². The Kier molecular flexibility index (Phi) is 3.59. The lowest BCUT2D eigenvalue weighted by molar-refractivity contribution is 0.425. The van der Waals surface area contributed by atoms with Gasteiger partial charge in [-0.2, -0.15) is 0 Å². The number of furan rings is 1. The molecule has 2 atom stereocenters. The van der Waals surface area contributed by atoms with Gasteiger partial charge in [-0.05, 0) is 30.0 Å². The van der Waals surface area contributed by atoms with Crippen LogP contribution in [0, 0.1) is 0 Å². The van der Waals surface area contributed by atoms with Crippen LogP contribution >= 0.6 is 11.3 Å². The second kappa shape index (κ2) is 5.14. The highest BCUT2D eigenvalue weighted by atomic mass is 32.1. The highest BCUT2D eigenvalue weighted by molar-refractivity contribution is 7.10. The topological polar surface area (TPSA) is 39.2 Å². The van der Waals surface area contributed by atoms with Gasteiger partial charge in [0, 0.05) is 16.8 Å². The van der Waals surface area contributed by atoms with Crippen LogP contribution in [0.25, 0.3) is 0 Å². The summed E-state index contributed by atoms with van der Waals surface area (Å²) in [5.41, 5.74) is 6.26. The van der Waals surface area contributed by atoms with E-state index in [0.717, 1.165) is 12.2 Å². The van der Waals surface area contributed by atoms with E-state index in [4.69, 9.17) is 10.2 Å². The third kappa shape index (κ3) is 2.26. The van der Waals surface area contributed by atoms with Gasteiger partial charge in [0.05, 0.1) is 6.26 Å². The maximum atomic E-state index is 6.26. The molecular weight excluding hydrogens is 218 g/mol. The first-order chi connectivity index (χ1) is 7.83. The Morgan fingerprint density at radius 1 is 1.44 bits per heavy atom. The fourth-order valence-electron chi connectivity index (χ4n) is 1.80. The SMILES string of the molecule is C=CCC(c1ccco1)C(N)c1cccs1. The number of allylic oxidation sites excluding steroid dienone is 1. The number of nitrogens with two attached hydrogens (primary N) is 1. The van der Waals surface area contributed by atoms with Crippen molar-refractivity contribution in [1.29, 1.82) is 0 Å². The summed E-state index contributed by atoms with van der Waals surface area (Å²) in [5.74, 6) is 1.10. The van der Waals surface area contributed by atoms with Gasteiger partial charge >= 0.3 is 0 Å². The average Bonchev–Trinajstić information content (AvgIpc) is 2.96. The second-order valence-electron chi connectivity index (χ2n) is 3.69. The van der Waals surface area contributed by atoms with E-state index >= 15 is 0 Å². The first kappa shape index (κ1) is 11.2. The lowest BCUT2D eigenvalue weighted by Gasteiger charge is -2.19. The molecule has 2 aromatic heterocycles. The maximum Gasteiger partial charge on any atom is 0.109 e. The molecule has 0 aliphatic heterocycles. The smallest absolute Gasteiger partial charge is 0.109 e. The predicted molar refractivity (Wildman–Crippen MR) is 67.5 cm³/mol. The van der Waals surface area contributed by atoms with E-state index in [9.17, 15) is 0 Å². The van der Waals surface area contributed by atoms with Crippen molar-refractivity contribution in [2.45, 2.75) is 18.4 Å². The lowest BCUT2D eigenvalue weighted by Crippen LogP contribution is -2.18. The standard InChI is InChI=1S/C13H15NOS/c1-2-5-10(11-6-3-8-15-11)13(14)12-7-4-9-16-12/h2-4,6-10,13H,1,5,14H2. The van der Waals surface area contributed by atoms with Gasteiger partial charge in [0.25, 0.3) is 0 Å². The molecule has 2 rings (SSSR count). The van der Waals surface area contributed by atoms with Gasteiger partial charge < -0.3 is 10.2 Å². The first-order valence-corrected chi connectivity index (χ1v) is 6.14. The van der Waals surface area contributed by atoms with Crippen molar-refractivity contribution in [3.05, 3.63) is 59.2 Å². The molecule has 0 aliphatic rings. The zero-order chi connectivity index (χ0) is 11.4. The summed E-state index contributed by atoms with van der Waals surface area (Å²) in [6.45, 7) is 3.78. The van der Waals surface area contributed by atoms with Crippen LogP contribution in [0.3, 0.4) is 0 Å². The number of hydrogen-bond acceptors (Lipinski definition) is 3. The Morgan fingerprint density at radius 3 is 2.88 bits per heavy atom. The average molecular weight is 233 g/mol. The van der Waals surface area contributed by atoms with Gasteiger partial charge in [-0.15, -0.1) is 17.9 Å². The summed E-state index contributed by atoms with van der Waals surface area (Å²) in [5, 5.41) is 2.04. The van der Waals surface area contributed by atoms with Crippen LogP contribution in [-0.4, -0.2) is 0 Å². The van der Waals surface area contributed by atoms with Crippen LogP contribution in [0.5, 0.6) is 0 Å².